The lowest BCUT2D eigenvalue weighted by atomic mass is 9.76. The van der Waals surface area contributed by atoms with Crippen LogP contribution in [0.15, 0.2) is 30.3 Å². The number of morpholine rings is 1. The van der Waals surface area contributed by atoms with Crippen molar-refractivity contribution in [2.75, 3.05) is 39.4 Å². The van der Waals surface area contributed by atoms with E-state index in [1.807, 2.05) is 20.8 Å². The molecule has 11 nitrogen and oxygen atoms in total. The molecule has 1 aliphatic heterocycles. The molecule has 1 aromatic heterocycles. The van der Waals surface area contributed by atoms with Crippen molar-refractivity contribution < 1.29 is 41.5 Å². The molecule has 3 aliphatic rings. The van der Waals surface area contributed by atoms with Gasteiger partial charge in [-0.25, -0.2) is 4.39 Å². The van der Waals surface area contributed by atoms with Crippen molar-refractivity contribution in [2.24, 2.45) is 11.8 Å². The van der Waals surface area contributed by atoms with Gasteiger partial charge in [-0.1, -0.05) is 70.9 Å². The van der Waals surface area contributed by atoms with E-state index in [-0.39, 0.29) is 55.2 Å². The van der Waals surface area contributed by atoms with Crippen LogP contribution >= 0.6 is 0 Å². The molecule has 0 bridgehead atoms. The predicted molar refractivity (Wildman–Crippen MR) is 199 cm³/mol. The smallest absolute Gasteiger partial charge is 0.379 e. The minimum atomic E-state index is -4.50. The largest absolute Gasteiger partial charge is 0.397 e. The normalized spacial score (nSPS) is 22.0. The lowest BCUT2D eigenvalue weighted by molar-refractivity contribution is -0.150. The lowest BCUT2D eigenvalue weighted by Gasteiger charge is -2.40. The molecule has 1 aromatic carbocycles. The first-order valence-electron chi connectivity index (χ1n) is 19.4. The summed E-state index contributed by atoms with van der Waals surface area (Å²) in [6.07, 6.45) is -0.935. The van der Waals surface area contributed by atoms with Crippen LogP contribution in [0.1, 0.15) is 87.4 Å². The van der Waals surface area contributed by atoms with Gasteiger partial charge in [-0.05, 0) is 53.9 Å². The van der Waals surface area contributed by atoms with Gasteiger partial charge >= 0.3 is 6.18 Å². The summed E-state index contributed by atoms with van der Waals surface area (Å²) in [6.45, 7) is 11.0. The molecule has 55 heavy (non-hydrogen) atoms. The number of nitrogens with one attached hydrogen (secondary N) is 5. The van der Waals surface area contributed by atoms with Crippen LogP contribution in [0.5, 0.6) is 0 Å². The van der Waals surface area contributed by atoms with Gasteiger partial charge in [-0.15, -0.1) is 0 Å². The number of nitrogens with zero attached hydrogens (tertiary/aromatic N) is 1. The number of aryl methyl sites for hydroxylation is 1. The van der Waals surface area contributed by atoms with E-state index < -0.39 is 59.2 Å². The van der Waals surface area contributed by atoms with Gasteiger partial charge in [-0.3, -0.25) is 24.1 Å². The van der Waals surface area contributed by atoms with Gasteiger partial charge in [0, 0.05) is 44.0 Å². The van der Waals surface area contributed by atoms with E-state index in [1.54, 1.807) is 19.1 Å². The second kappa shape index (κ2) is 18.1. The van der Waals surface area contributed by atoms with Crippen LogP contribution in [0.4, 0.5) is 17.6 Å². The number of aromatic nitrogens is 1. The number of hydrogen-bond acceptors (Lipinski definition) is 6. The molecular formula is C40H54F4N6O5. The molecule has 15 heteroatoms. The van der Waals surface area contributed by atoms with Crippen molar-refractivity contribution in [3.63, 3.8) is 0 Å². The number of carbonyl (C=O) groups is 4. The maximum atomic E-state index is 14.7. The van der Waals surface area contributed by atoms with Gasteiger partial charge in [-0.2, -0.15) is 13.2 Å². The molecule has 2 aliphatic carbocycles. The van der Waals surface area contributed by atoms with E-state index in [9.17, 15) is 36.7 Å². The van der Waals surface area contributed by atoms with Crippen molar-refractivity contribution in [3.8, 4) is 0 Å². The summed E-state index contributed by atoms with van der Waals surface area (Å²) >= 11 is 0. The average molecular weight is 775 g/mol. The second-order valence-electron chi connectivity index (χ2n) is 15.2. The van der Waals surface area contributed by atoms with Crippen molar-refractivity contribution in [3.05, 3.63) is 64.2 Å². The molecule has 0 spiro atoms. The summed E-state index contributed by atoms with van der Waals surface area (Å²) in [6, 6.07) is 3.73. The predicted octanol–water partition coefficient (Wildman–Crippen LogP) is 4.31. The Hall–Kier alpha value is -4.24. The quantitative estimate of drug-likeness (QED) is 0.171. The number of H-pyrrole nitrogens is 1. The highest BCUT2D eigenvalue weighted by Gasteiger charge is 2.49. The number of alkyl halides is 3. The minimum Gasteiger partial charge on any atom is -0.379 e. The molecular weight excluding hydrogens is 720 g/mol. The summed E-state index contributed by atoms with van der Waals surface area (Å²) in [4.78, 5) is 61.2. The fourth-order valence-corrected chi connectivity index (χ4v) is 7.64. The van der Waals surface area contributed by atoms with Crippen molar-refractivity contribution in [1.29, 1.82) is 0 Å². The summed E-state index contributed by atoms with van der Waals surface area (Å²) in [7, 11) is 0. The lowest BCUT2D eigenvalue weighted by Crippen LogP contribution is -2.67. The molecule has 2 aromatic rings. The second-order valence-corrected chi connectivity index (χ2v) is 15.2. The first-order valence-corrected chi connectivity index (χ1v) is 19.4. The Morgan fingerprint density at radius 1 is 1.00 bits per heavy atom. The van der Waals surface area contributed by atoms with Crippen LogP contribution in [-0.4, -0.2) is 96.7 Å². The Labute approximate surface area is 319 Å². The number of carbonyl (C=O) groups excluding carboxylic acids is 4. The van der Waals surface area contributed by atoms with Gasteiger partial charge in [0.15, 0.2) is 0 Å². The van der Waals surface area contributed by atoms with E-state index in [0.29, 0.717) is 56.0 Å². The van der Waals surface area contributed by atoms with E-state index in [0.717, 1.165) is 13.1 Å². The highest BCUT2D eigenvalue weighted by Crippen LogP contribution is 2.45. The number of benzene rings is 1. The fraction of sp³-hybridized carbons (Fsp3) is 0.600. The van der Waals surface area contributed by atoms with Crippen molar-refractivity contribution in [1.82, 2.24) is 31.2 Å². The molecule has 4 amide bonds. The van der Waals surface area contributed by atoms with E-state index >= 15 is 0 Å². The number of halogens is 4. The number of aromatic amines is 1. The van der Waals surface area contributed by atoms with Crippen molar-refractivity contribution >= 4 is 29.7 Å². The third-order valence-corrected chi connectivity index (χ3v) is 11.5. The molecule has 0 radical (unpaired) electrons. The number of ether oxygens (including phenoxy) is 1. The van der Waals surface area contributed by atoms with E-state index in [1.165, 1.54) is 24.3 Å². The monoisotopic (exact) mass is 774 g/mol. The minimum absolute atomic E-state index is 0.0135. The highest BCUT2D eigenvalue weighted by atomic mass is 19.4. The maximum Gasteiger partial charge on any atom is 0.397 e. The highest BCUT2D eigenvalue weighted by molar-refractivity contribution is 5.97. The third-order valence-electron chi connectivity index (χ3n) is 11.5. The van der Waals surface area contributed by atoms with E-state index in [4.69, 9.17) is 4.74 Å². The van der Waals surface area contributed by atoms with Crippen molar-refractivity contribution in [2.45, 2.75) is 102 Å². The summed E-state index contributed by atoms with van der Waals surface area (Å²) in [5, 5.41) is 11.6. The summed E-state index contributed by atoms with van der Waals surface area (Å²) < 4.78 is 62.2. The zero-order valence-corrected chi connectivity index (χ0v) is 32.0. The fourth-order valence-electron chi connectivity index (χ4n) is 7.64. The van der Waals surface area contributed by atoms with Gasteiger partial charge in [0.05, 0.1) is 25.6 Å². The number of hydrogen-bond donors (Lipinski definition) is 5. The third kappa shape index (κ3) is 9.96. The molecule has 6 atom stereocenters. The Bertz CT molecular complexity index is 1720. The van der Waals surface area contributed by atoms with Crippen LogP contribution in [0.25, 0.3) is 6.08 Å². The first-order chi connectivity index (χ1) is 26.2. The summed E-state index contributed by atoms with van der Waals surface area (Å²) in [5.74, 6) is -5.32. The maximum absolute atomic E-state index is 14.7. The molecule has 2 heterocycles. The Morgan fingerprint density at radius 3 is 2.33 bits per heavy atom. The summed E-state index contributed by atoms with van der Waals surface area (Å²) in [5.41, 5.74) is -0.134. The van der Waals surface area contributed by atoms with Gasteiger partial charge in [0.25, 0.3) is 0 Å². The van der Waals surface area contributed by atoms with Gasteiger partial charge < -0.3 is 31.0 Å². The zero-order chi connectivity index (χ0) is 39.9. The molecule has 5 N–H and O–H groups in total. The molecule has 1 saturated heterocycles. The number of rotatable bonds is 15. The zero-order valence-electron chi connectivity index (χ0n) is 32.0. The molecule has 3 unspecified atom stereocenters. The van der Waals surface area contributed by atoms with Crippen LogP contribution in [0.2, 0.25) is 0 Å². The molecule has 302 valence electrons. The SMILES string of the molecule is CCC(C)[C@H](NC(=O)[C@@]1(NC(=O)C(NC(=O)Cc2ccccc2F)[C@@H](C)CC)CCc2[nH]c3c(c2C1)C=CCC3C(F)(F)F)C(=O)NCCN1CCOCC1. The number of allylic oxidation sites excluding steroid dienone is 1. The van der Waals surface area contributed by atoms with Gasteiger partial charge in [0.1, 0.15) is 23.4 Å². The molecule has 0 saturated carbocycles. The molecule has 5 rings (SSSR count). The number of amides is 4. The Morgan fingerprint density at radius 2 is 1.67 bits per heavy atom. The molecule has 1 fully saturated rings. The van der Waals surface area contributed by atoms with Gasteiger partial charge in [0.2, 0.25) is 23.6 Å². The standard InChI is InChI=1S/C40H54F4N6O5/c1-5-24(3)33(36(52)45-16-17-50-18-20-55-21-19-50)48-38(54)39(15-14-31-28(23-39)27-11-9-12-29(35(27)46-31)40(42,43)44)49-37(53)34(25(4)6-2)47-32(51)22-26-10-7-8-13-30(26)41/h7-11,13,24-25,29,33-34,46H,5-6,12,14-23H2,1-4H3,(H,45,52)(H,47,51)(H,48,54)(H,49,53)/t24?,25-,29?,33-,34?,39+/m0/s1. The average Bonchev–Trinajstić information content (AvgIpc) is 3.53. The Balaban J connectivity index is 1.44. The van der Waals surface area contributed by atoms with Crippen LogP contribution in [0.3, 0.4) is 0 Å². The topological polar surface area (TPSA) is 145 Å². The Kier molecular flexibility index (Phi) is 13.8. The van der Waals surface area contributed by atoms with Crippen LogP contribution in [0, 0.1) is 17.7 Å². The van der Waals surface area contributed by atoms with E-state index in [2.05, 4.69) is 31.2 Å². The first kappa shape index (κ1) is 41.9. The van der Waals surface area contributed by atoms with Crippen LogP contribution < -0.4 is 21.3 Å². The van der Waals surface area contributed by atoms with Crippen LogP contribution in [-0.2, 0) is 43.2 Å². The number of fused-ring (bicyclic) bond motifs is 3.